The van der Waals surface area contributed by atoms with Gasteiger partial charge in [-0.25, -0.2) is 0 Å². The van der Waals surface area contributed by atoms with E-state index < -0.39 is 45.4 Å². The van der Waals surface area contributed by atoms with Crippen LogP contribution in [0, 0.1) is 80.8 Å². The molecular formula is C54H90IO6-. The van der Waals surface area contributed by atoms with Gasteiger partial charge in [-0.05, 0) is 0 Å². The molecule has 0 radical (unpaired) electrons. The maximum atomic E-state index is 12.5. The molecule has 0 spiro atoms. The van der Waals surface area contributed by atoms with Crippen LogP contribution in [-0.2, 0) is 6.13 Å². The topological polar surface area (TPSA) is 99.4 Å². The molecule has 10 unspecified atom stereocenters. The zero-order chi connectivity index (χ0) is 43.9. The predicted octanol–water partition coefficient (Wildman–Crippen LogP) is 8.93. The first-order valence-corrected chi connectivity index (χ1v) is 27.6. The number of aliphatic hydroxyl groups excluding tert-OH is 4. The standard InChI is InChI=1S/C54H90IO6/c1-33(2)11-21-47(58)53(9,45-19-17-41-39-15-13-35-31-37(56)23-27-49(35,5)43(39)25-29-51(41,45)7)60-55-61-54(10,48(59)22-12-34(3)4)46-20-18-42-40-16-14-36-32-38(57)24-28-50(36,6)44(40)26-30-52(42,46)8/h13-14,33-34,37-48,56-59H,11-12,15-32H2,1-10H3/q-1/t37?,38?,39?,40?,41?,42?,43?,44?,45?,46?,47-,48-,49-,50-,51-,52-,53-,54-/m1/s1. The van der Waals surface area contributed by atoms with Gasteiger partial charge in [0.1, 0.15) is 0 Å². The number of fused-ring (bicyclic) bond motifs is 10. The molecule has 0 bridgehead atoms. The van der Waals surface area contributed by atoms with E-state index in [9.17, 15) is 20.4 Å². The molecule has 8 aliphatic rings. The number of rotatable bonds is 14. The Labute approximate surface area is 384 Å². The molecule has 6 saturated carbocycles. The Bertz CT molecular complexity index is 1510. The van der Waals surface area contributed by atoms with E-state index in [1.54, 1.807) is 0 Å². The summed E-state index contributed by atoms with van der Waals surface area (Å²) in [5.41, 5.74) is 2.22. The van der Waals surface area contributed by atoms with Crippen LogP contribution in [-0.4, -0.2) is 56.0 Å². The summed E-state index contributed by atoms with van der Waals surface area (Å²) in [7, 11) is 0. The molecule has 6 nitrogen and oxygen atoms in total. The zero-order valence-corrected chi connectivity index (χ0v) is 42.5. The molecule has 61 heavy (non-hydrogen) atoms. The Kier molecular flexibility index (Phi) is 13.7. The minimum absolute atomic E-state index is 0.0839. The molecule has 4 N–H and O–H groups in total. The Morgan fingerprint density at radius 1 is 0.574 bits per heavy atom. The molecule has 8 rings (SSSR count). The van der Waals surface area contributed by atoms with Gasteiger partial charge in [0, 0.05) is 0 Å². The molecule has 0 aromatic rings. The van der Waals surface area contributed by atoms with Crippen LogP contribution in [0.15, 0.2) is 23.3 Å². The summed E-state index contributed by atoms with van der Waals surface area (Å²) in [6.07, 6.45) is 24.4. The van der Waals surface area contributed by atoms with Gasteiger partial charge < -0.3 is 0 Å². The number of hydrogen-bond acceptors (Lipinski definition) is 6. The van der Waals surface area contributed by atoms with Crippen LogP contribution in [0.3, 0.4) is 0 Å². The molecule has 0 heterocycles. The van der Waals surface area contributed by atoms with Crippen molar-refractivity contribution in [2.75, 3.05) is 0 Å². The first-order valence-electron chi connectivity index (χ1n) is 25.8. The third kappa shape index (κ3) is 8.08. The zero-order valence-electron chi connectivity index (χ0n) is 40.4. The minimum atomic E-state index is -1.28. The summed E-state index contributed by atoms with van der Waals surface area (Å²) in [6, 6.07) is 0. The second kappa shape index (κ2) is 17.6. The first kappa shape index (κ1) is 47.5. The Morgan fingerprint density at radius 3 is 1.34 bits per heavy atom. The summed E-state index contributed by atoms with van der Waals surface area (Å²) in [5.74, 6) is 5.38. The van der Waals surface area contributed by atoms with E-state index >= 15 is 0 Å². The number of halogens is 1. The van der Waals surface area contributed by atoms with Crippen molar-refractivity contribution in [3.05, 3.63) is 23.3 Å². The molecule has 7 heteroatoms. The average Bonchev–Trinajstić information content (AvgIpc) is 3.77. The predicted molar refractivity (Wildman–Crippen MR) is 242 cm³/mol. The van der Waals surface area contributed by atoms with E-state index in [2.05, 4.69) is 81.4 Å². The summed E-state index contributed by atoms with van der Waals surface area (Å²) < 4.78 is 14.8. The molecule has 0 amide bonds. The summed E-state index contributed by atoms with van der Waals surface area (Å²) in [4.78, 5) is 0. The van der Waals surface area contributed by atoms with Crippen molar-refractivity contribution in [2.24, 2.45) is 80.8 Å². The molecule has 0 aromatic carbocycles. The summed E-state index contributed by atoms with van der Waals surface area (Å²) in [6.45, 7) is 23.8. The van der Waals surface area contributed by atoms with Crippen molar-refractivity contribution in [3.8, 4) is 0 Å². The second-order valence-electron chi connectivity index (χ2n) is 25.2. The fourth-order valence-electron chi connectivity index (χ4n) is 17.5. The average molecular weight is 962 g/mol. The van der Waals surface area contributed by atoms with Gasteiger partial charge in [0.25, 0.3) is 0 Å². The molecule has 0 aliphatic heterocycles. The van der Waals surface area contributed by atoms with Gasteiger partial charge in [0.2, 0.25) is 0 Å². The van der Waals surface area contributed by atoms with Crippen LogP contribution >= 0.6 is 0 Å². The van der Waals surface area contributed by atoms with Gasteiger partial charge in [0.15, 0.2) is 0 Å². The van der Waals surface area contributed by atoms with E-state index in [4.69, 9.17) is 6.13 Å². The van der Waals surface area contributed by atoms with Gasteiger partial charge in [-0.1, -0.05) is 0 Å². The fraction of sp³-hybridized carbons (Fsp3) is 0.926. The van der Waals surface area contributed by atoms with Crippen molar-refractivity contribution in [2.45, 2.75) is 233 Å². The van der Waals surface area contributed by atoms with Crippen molar-refractivity contribution in [1.29, 1.82) is 0 Å². The van der Waals surface area contributed by atoms with E-state index in [0.717, 1.165) is 89.9 Å². The van der Waals surface area contributed by atoms with Crippen LogP contribution in [0.25, 0.3) is 0 Å². The van der Waals surface area contributed by atoms with Gasteiger partial charge in [0.05, 0.1) is 0 Å². The third-order valence-electron chi connectivity index (χ3n) is 21.3. The van der Waals surface area contributed by atoms with Crippen LogP contribution < -0.4 is 22.0 Å². The molecule has 18 atom stereocenters. The number of allylic oxidation sites excluding steroid dienone is 2. The summed E-state index contributed by atoms with van der Waals surface area (Å²) >= 11 is -1.28. The Morgan fingerprint density at radius 2 is 0.967 bits per heavy atom. The molecule has 350 valence electrons. The third-order valence-corrected chi connectivity index (χ3v) is 23.6. The van der Waals surface area contributed by atoms with Crippen molar-refractivity contribution < 1.29 is 48.6 Å². The van der Waals surface area contributed by atoms with Gasteiger partial charge in [-0.3, -0.25) is 0 Å². The molecule has 6 fully saturated rings. The van der Waals surface area contributed by atoms with Gasteiger partial charge in [-0.2, -0.15) is 0 Å². The van der Waals surface area contributed by atoms with Crippen molar-refractivity contribution in [1.82, 2.24) is 0 Å². The normalized spacial score (nSPS) is 46.2. The van der Waals surface area contributed by atoms with Crippen LogP contribution in [0.2, 0.25) is 0 Å². The number of hydrogen-bond donors (Lipinski definition) is 4. The Hall–Kier alpha value is -0.0300. The second-order valence-corrected chi connectivity index (χ2v) is 26.5. The van der Waals surface area contributed by atoms with Crippen LogP contribution in [0.1, 0.15) is 198 Å². The van der Waals surface area contributed by atoms with Crippen molar-refractivity contribution >= 4 is 0 Å². The SMILES string of the molecule is CC(C)CC[C@@H](O)[C@](C)(O[I-]O[C@](C)(C1CCC2C3CC=C4CC(O)CC[C@@]4(C)C3CC[C@]21C)[C@H](O)CCC(C)C)C1CCC2C3CC=C4CC(O)CC[C@@]4(C)C3CC[C@]21C. The monoisotopic (exact) mass is 962 g/mol. The Balaban J connectivity index is 1.04. The van der Waals surface area contributed by atoms with E-state index in [1.165, 1.54) is 49.7 Å². The first-order chi connectivity index (χ1) is 28.7. The maximum absolute atomic E-state index is 12.5. The molecule has 8 aliphatic carbocycles. The van der Waals surface area contributed by atoms with Crippen LogP contribution in [0.4, 0.5) is 0 Å². The quantitative estimate of drug-likeness (QED) is 0.103. The van der Waals surface area contributed by atoms with Crippen molar-refractivity contribution in [3.63, 3.8) is 0 Å². The molecule has 0 saturated heterocycles. The fourth-order valence-corrected chi connectivity index (χ4v) is 19.6. The van der Waals surface area contributed by atoms with E-state index in [1.807, 2.05) is 0 Å². The van der Waals surface area contributed by atoms with E-state index in [-0.39, 0.29) is 45.7 Å². The molecule has 0 aromatic heterocycles. The van der Waals surface area contributed by atoms with E-state index in [0.29, 0.717) is 47.3 Å². The number of aliphatic hydroxyl groups is 4. The molecular weight excluding hydrogens is 871 g/mol. The van der Waals surface area contributed by atoms with Crippen LogP contribution in [0.5, 0.6) is 0 Å². The van der Waals surface area contributed by atoms with Gasteiger partial charge in [-0.15, -0.1) is 0 Å². The van der Waals surface area contributed by atoms with Gasteiger partial charge >= 0.3 is 386 Å². The summed E-state index contributed by atoms with van der Waals surface area (Å²) in [5, 5.41) is 46.2.